The van der Waals surface area contributed by atoms with E-state index >= 15 is 0 Å². The van der Waals surface area contributed by atoms with E-state index in [1.165, 1.54) is 0 Å². The van der Waals surface area contributed by atoms with Crippen LogP contribution in [0.5, 0.6) is 0 Å². The summed E-state index contributed by atoms with van der Waals surface area (Å²) >= 11 is 0. The van der Waals surface area contributed by atoms with Gasteiger partial charge in [0.1, 0.15) is 0 Å². The molecule has 0 N–H and O–H groups in total. The molecular formula is C10H23NO4Si2. The fourth-order valence-corrected chi connectivity index (χ4v) is 5.29. The summed E-state index contributed by atoms with van der Waals surface area (Å²) in [6, 6.07) is 0.710. The second-order valence-corrected chi connectivity index (χ2v) is 7.66. The van der Waals surface area contributed by atoms with Crippen molar-refractivity contribution in [3.63, 3.8) is 0 Å². The Morgan fingerprint density at radius 2 is 1.65 bits per heavy atom. The van der Waals surface area contributed by atoms with Crippen LogP contribution in [0.4, 0.5) is 0 Å². The van der Waals surface area contributed by atoms with E-state index < -0.39 is 8.80 Å². The van der Waals surface area contributed by atoms with Crippen LogP contribution in [0.3, 0.4) is 0 Å². The molecule has 100 valence electrons. The predicted molar refractivity (Wildman–Crippen MR) is 71.9 cm³/mol. The van der Waals surface area contributed by atoms with Crippen LogP contribution >= 0.6 is 0 Å². The van der Waals surface area contributed by atoms with Gasteiger partial charge in [-0.2, -0.15) is 0 Å². The highest BCUT2D eigenvalue weighted by molar-refractivity contribution is 6.60. The third-order valence-electron chi connectivity index (χ3n) is 2.23. The molecule has 0 heterocycles. The molecular weight excluding hydrogens is 254 g/mol. The highest BCUT2D eigenvalue weighted by atomic mass is 28.4. The van der Waals surface area contributed by atoms with E-state index in [4.69, 9.17) is 13.3 Å². The third kappa shape index (κ3) is 6.87. The molecule has 0 fully saturated rings. The summed E-state index contributed by atoms with van der Waals surface area (Å²) in [6.07, 6.45) is 2.37. The van der Waals surface area contributed by atoms with Crippen LogP contribution in [0, 0.1) is 0 Å². The topological polar surface area (TPSA) is 57.1 Å². The van der Waals surface area contributed by atoms with Gasteiger partial charge in [-0.15, -0.1) is 0 Å². The Balaban J connectivity index is 4.47. The monoisotopic (exact) mass is 277 g/mol. The molecule has 0 aliphatic rings. The highest BCUT2D eigenvalue weighted by Gasteiger charge is 2.40. The quantitative estimate of drug-likeness (QED) is 0.330. The molecule has 17 heavy (non-hydrogen) atoms. The molecule has 1 atom stereocenters. The van der Waals surface area contributed by atoms with Crippen molar-refractivity contribution in [2.24, 2.45) is 4.99 Å². The van der Waals surface area contributed by atoms with E-state index in [2.05, 4.69) is 4.99 Å². The van der Waals surface area contributed by atoms with Crippen LogP contribution in [0.2, 0.25) is 6.04 Å². The van der Waals surface area contributed by atoms with Gasteiger partial charge in [-0.1, -0.05) is 0 Å². The Morgan fingerprint density at radius 3 is 2.00 bits per heavy atom. The minimum atomic E-state index is -2.55. The van der Waals surface area contributed by atoms with Gasteiger partial charge in [0.05, 0.1) is 0 Å². The van der Waals surface area contributed by atoms with E-state index in [1.54, 1.807) is 6.08 Å². The van der Waals surface area contributed by atoms with Crippen molar-refractivity contribution in [1.82, 2.24) is 0 Å². The first-order valence-corrected chi connectivity index (χ1v) is 9.21. The van der Waals surface area contributed by atoms with E-state index in [-0.39, 0.29) is 5.67 Å². The fourth-order valence-electron chi connectivity index (χ4n) is 1.54. The minimum Gasteiger partial charge on any atom is -0.374 e. The highest BCUT2D eigenvalue weighted by Crippen LogP contribution is 2.19. The summed E-state index contributed by atoms with van der Waals surface area (Å²) in [7, 11) is -1.72. The first-order valence-electron chi connectivity index (χ1n) is 6.12. The molecule has 5 nitrogen and oxygen atoms in total. The summed E-state index contributed by atoms with van der Waals surface area (Å²) in [5.41, 5.74) is 0.0701. The average Bonchev–Trinajstić information content (AvgIpc) is 2.28. The number of rotatable bonds is 10. The average molecular weight is 277 g/mol. The number of aliphatic imine (C=N–C) groups is 1. The third-order valence-corrected chi connectivity index (χ3v) is 6.16. The van der Waals surface area contributed by atoms with Gasteiger partial charge < -0.3 is 13.3 Å². The largest absolute Gasteiger partial charge is 0.500 e. The number of isocyanates is 1. The molecule has 0 amide bonds. The number of carbonyl (C=O) groups excluding carboxylic acids is 1. The molecule has 0 saturated carbocycles. The van der Waals surface area contributed by atoms with Gasteiger partial charge in [-0.25, -0.2) is 9.79 Å². The minimum absolute atomic E-state index is 0.0701. The molecule has 0 radical (unpaired) electrons. The normalized spacial score (nSPS) is 13.4. The van der Waals surface area contributed by atoms with E-state index in [1.807, 2.05) is 20.8 Å². The first-order chi connectivity index (χ1) is 8.14. The maximum atomic E-state index is 10.2. The van der Waals surface area contributed by atoms with Gasteiger partial charge in [0.2, 0.25) is 6.08 Å². The fraction of sp³-hybridized carbons (Fsp3) is 0.900. The maximum absolute atomic E-state index is 10.2. The molecule has 0 spiro atoms. The lowest BCUT2D eigenvalue weighted by atomic mass is 10.5. The zero-order valence-electron chi connectivity index (χ0n) is 11.2. The second-order valence-electron chi connectivity index (χ2n) is 3.59. The van der Waals surface area contributed by atoms with E-state index in [0.29, 0.717) is 25.9 Å². The lowest BCUT2D eigenvalue weighted by molar-refractivity contribution is 0.0708. The Bertz CT molecular complexity index is 229. The molecule has 0 saturated heterocycles. The molecule has 0 bridgehead atoms. The molecule has 0 rings (SSSR count). The summed E-state index contributed by atoms with van der Waals surface area (Å²) in [5.74, 6) is 0. The Kier molecular flexibility index (Phi) is 9.52. The lowest BCUT2D eigenvalue weighted by Gasteiger charge is -2.28. The van der Waals surface area contributed by atoms with Crippen molar-refractivity contribution in [1.29, 1.82) is 0 Å². The molecule has 7 heteroatoms. The van der Waals surface area contributed by atoms with Gasteiger partial charge in [-0.05, 0) is 27.2 Å². The molecule has 0 aromatic heterocycles. The second kappa shape index (κ2) is 9.70. The molecule has 0 aromatic rings. The van der Waals surface area contributed by atoms with Gasteiger partial charge in [-0.3, -0.25) is 0 Å². The molecule has 0 aromatic carbocycles. The van der Waals surface area contributed by atoms with Gasteiger partial charge >= 0.3 is 8.80 Å². The number of nitrogens with zero attached hydrogens (tertiary/aromatic N) is 1. The summed E-state index contributed by atoms with van der Waals surface area (Å²) in [4.78, 5) is 13.9. The zero-order valence-corrected chi connectivity index (χ0v) is 14.2. The Hall–Kier alpha value is -0.306. The van der Waals surface area contributed by atoms with Crippen molar-refractivity contribution in [2.75, 3.05) is 19.8 Å². The molecule has 1 unspecified atom stereocenters. The van der Waals surface area contributed by atoms with Crippen LogP contribution in [0.25, 0.3) is 0 Å². The standard InChI is InChI=1S/C10H23NO4Si2/c1-4-13-17(14-5-2,15-6-3)8-7-10(16)11-9-12/h10H,4-8H2,1-3,16H3. The first kappa shape index (κ1) is 16.7. The van der Waals surface area contributed by atoms with E-state index in [0.717, 1.165) is 16.7 Å². The van der Waals surface area contributed by atoms with Gasteiger partial charge in [0.25, 0.3) is 0 Å². The predicted octanol–water partition coefficient (Wildman–Crippen LogP) is 0.452. The van der Waals surface area contributed by atoms with Crippen molar-refractivity contribution < 1.29 is 18.1 Å². The molecule has 0 aliphatic heterocycles. The Labute approximate surface area is 107 Å². The van der Waals surface area contributed by atoms with E-state index in [9.17, 15) is 4.79 Å². The van der Waals surface area contributed by atoms with Crippen LogP contribution in [-0.2, 0) is 18.1 Å². The summed E-state index contributed by atoms with van der Waals surface area (Å²) in [5, 5.41) is 0. The van der Waals surface area contributed by atoms with Crippen molar-refractivity contribution in [3.8, 4) is 0 Å². The van der Waals surface area contributed by atoms with Crippen LogP contribution in [0.15, 0.2) is 4.99 Å². The SMILES string of the molecule is CCO[Si](CCC([SiH3])N=C=O)(OCC)OCC. The zero-order chi connectivity index (χ0) is 13.1. The summed E-state index contributed by atoms with van der Waals surface area (Å²) < 4.78 is 17.1. The van der Waals surface area contributed by atoms with Crippen LogP contribution in [0.1, 0.15) is 27.2 Å². The van der Waals surface area contributed by atoms with Gasteiger partial charge in [0, 0.05) is 41.8 Å². The smallest absolute Gasteiger partial charge is 0.374 e. The van der Waals surface area contributed by atoms with Crippen molar-refractivity contribution in [3.05, 3.63) is 0 Å². The number of hydrogen-bond donors (Lipinski definition) is 0. The maximum Gasteiger partial charge on any atom is 0.500 e. The lowest BCUT2D eigenvalue weighted by Crippen LogP contribution is -2.46. The van der Waals surface area contributed by atoms with Crippen LogP contribution < -0.4 is 0 Å². The van der Waals surface area contributed by atoms with Crippen molar-refractivity contribution in [2.45, 2.75) is 38.9 Å². The molecule has 0 aliphatic carbocycles. The number of hydrogen-bond acceptors (Lipinski definition) is 5. The Morgan fingerprint density at radius 1 is 1.18 bits per heavy atom. The summed E-state index contributed by atoms with van der Waals surface area (Å²) in [6.45, 7) is 7.53. The van der Waals surface area contributed by atoms with Crippen molar-refractivity contribution >= 4 is 25.1 Å². The van der Waals surface area contributed by atoms with Crippen LogP contribution in [-0.4, -0.2) is 50.6 Å². The van der Waals surface area contributed by atoms with Gasteiger partial charge in [0.15, 0.2) is 0 Å².